The van der Waals surface area contributed by atoms with Crippen LogP contribution in [0.2, 0.25) is 0 Å². The molecule has 22 heavy (non-hydrogen) atoms. The van der Waals surface area contributed by atoms with Gasteiger partial charge in [-0.3, -0.25) is 4.79 Å². The van der Waals surface area contributed by atoms with E-state index in [1.54, 1.807) is 11.8 Å². The Morgan fingerprint density at radius 1 is 1.23 bits per heavy atom. The van der Waals surface area contributed by atoms with Gasteiger partial charge in [-0.15, -0.1) is 0 Å². The molecule has 3 amide bonds. The van der Waals surface area contributed by atoms with E-state index in [9.17, 15) is 9.59 Å². The number of hydrogen-bond donors (Lipinski definition) is 2. The summed E-state index contributed by atoms with van der Waals surface area (Å²) < 4.78 is 5.30. The fourth-order valence-corrected chi connectivity index (χ4v) is 2.81. The molecule has 2 N–H and O–H groups in total. The van der Waals surface area contributed by atoms with Crippen molar-refractivity contribution in [2.75, 3.05) is 26.3 Å². The zero-order chi connectivity index (χ0) is 15.5. The first-order valence-corrected chi connectivity index (χ1v) is 7.37. The highest BCUT2D eigenvalue weighted by Crippen LogP contribution is 2.28. The van der Waals surface area contributed by atoms with Crippen molar-refractivity contribution in [3.05, 3.63) is 47.2 Å². The Balaban J connectivity index is 1.94. The smallest absolute Gasteiger partial charge is 0.319 e. The number of hydrogen-bond acceptors (Lipinski definition) is 3. The number of amides is 3. The monoisotopic (exact) mass is 301 g/mol. The standard InChI is InChI=1S/C16H19N3O3/c1-11-13(15(20)19-7-9-22-10-8-19)14(18-16(21)17-11)12-5-3-2-4-6-12/h2-6,14H,7-10H2,1H3,(H2,17,18,21). The molecule has 6 heteroatoms. The van der Waals surface area contributed by atoms with Gasteiger partial charge in [-0.2, -0.15) is 0 Å². The Kier molecular flexibility index (Phi) is 4.11. The average molecular weight is 301 g/mol. The lowest BCUT2D eigenvalue weighted by Crippen LogP contribution is -2.49. The molecule has 0 bridgehead atoms. The summed E-state index contributed by atoms with van der Waals surface area (Å²) in [5.41, 5.74) is 2.09. The molecule has 0 saturated carbocycles. The summed E-state index contributed by atoms with van der Waals surface area (Å²) in [6, 6.07) is 8.82. The maximum absolute atomic E-state index is 12.9. The number of urea groups is 1. The van der Waals surface area contributed by atoms with Gasteiger partial charge in [-0.1, -0.05) is 30.3 Å². The SMILES string of the molecule is CC1=C(C(=O)N2CCOCC2)C(c2ccccc2)NC(=O)N1. The summed E-state index contributed by atoms with van der Waals surface area (Å²) in [6.07, 6.45) is 0. The van der Waals surface area contributed by atoms with Gasteiger partial charge >= 0.3 is 6.03 Å². The minimum Gasteiger partial charge on any atom is -0.378 e. The molecular formula is C16H19N3O3. The largest absolute Gasteiger partial charge is 0.378 e. The summed E-state index contributed by atoms with van der Waals surface area (Å²) in [5, 5.41) is 5.55. The second-order valence-corrected chi connectivity index (χ2v) is 5.39. The van der Waals surface area contributed by atoms with Crippen molar-refractivity contribution in [1.82, 2.24) is 15.5 Å². The number of nitrogens with zero attached hydrogens (tertiary/aromatic N) is 1. The molecule has 2 heterocycles. The minimum atomic E-state index is -0.426. The summed E-state index contributed by atoms with van der Waals surface area (Å²) in [7, 11) is 0. The van der Waals surface area contributed by atoms with Gasteiger partial charge in [0.1, 0.15) is 0 Å². The molecule has 1 saturated heterocycles. The van der Waals surface area contributed by atoms with Crippen LogP contribution in [0.4, 0.5) is 4.79 Å². The van der Waals surface area contributed by atoms with Crippen LogP contribution in [0.25, 0.3) is 0 Å². The van der Waals surface area contributed by atoms with Gasteiger partial charge in [0, 0.05) is 18.8 Å². The van der Waals surface area contributed by atoms with Crippen LogP contribution < -0.4 is 10.6 Å². The lowest BCUT2D eigenvalue weighted by Gasteiger charge is -2.33. The highest BCUT2D eigenvalue weighted by molar-refractivity contribution is 5.98. The molecule has 1 unspecified atom stereocenters. The fraction of sp³-hybridized carbons (Fsp3) is 0.375. The summed E-state index contributed by atoms with van der Waals surface area (Å²) in [5.74, 6) is -0.0536. The minimum absolute atomic E-state index is 0.0536. The highest BCUT2D eigenvalue weighted by Gasteiger charge is 2.33. The lowest BCUT2D eigenvalue weighted by molar-refractivity contribution is -0.131. The Morgan fingerprint density at radius 3 is 2.59 bits per heavy atom. The van der Waals surface area contributed by atoms with Gasteiger partial charge < -0.3 is 20.3 Å². The van der Waals surface area contributed by atoms with Crippen LogP contribution in [-0.4, -0.2) is 43.1 Å². The first kappa shape index (κ1) is 14.6. The lowest BCUT2D eigenvalue weighted by atomic mass is 9.94. The van der Waals surface area contributed by atoms with Crippen LogP contribution in [0, 0.1) is 0 Å². The van der Waals surface area contributed by atoms with Crippen LogP contribution in [0.5, 0.6) is 0 Å². The van der Waals surface area contributed by atoms with Crippen molar-refractivity contribution in [2.24, 2.45) is 0 Å². The summed E-state index contributed by atoms with van der Waals surface area (Å²) in [4.78, 5) is 26.5. The zero-order valence-corrected chi connectivity index (χ0v) is 12.5. The van der Waals surface area contributed by atoms with Crippen LogP contribution in [0.1, 0.15) is 18.5 Å². The molecule has 0 aromatic heterocycles. The molecule has 1 aromatic carbocycles. The molecule has 116 valence electrons. The third-order valence-corrected chi connectivity index (χ3v) is 3.93. The van der Waals surface area contributed by atoms with Gasteiger partial charge in [-0.05, 0) is 12.5 Å². The van der Waals surface area contributed by atoms with Crippen LogP contribution in [0.3, 0.4) is 0 Å². The number of rotatable bonds is 2. The normalized spacial score (nSPS) is 22.1. The van der Waals surface area contributed by atoms with Crippen molar-refractivity contribution in [3.63, 3.8) is 0 Å². The summed E-state index contributed by atoms with van der Waals surface area (Å²) >= 11 is 0. The van der Waals surface area contributed by atoms with Gasteiger partial charge in [0.25, 0.3) is 5.91 Å². The third-order valence-electron chi connectivity index (χ3n) is 3.93. The maximum atomic E-state index is 12.9. The third kappa shape index (κ3) is 2.82. The Hall–Kier alpha value is -2.34. The Morgan fingerprint density at radius 2 is 1.91 bits per heavy atom. The molecular weight excluding hydrogens is 282 g/mol. The molecule has 1 fully saturated rings. The van der Waals surface area contributed by atoms with Crippen LogP contribution >= 0.6 is 0 Å². The van der Waals surface area contributed by atoms with Crippen LogP contribution in [-0.2, 0) is 9.53 Å². The van der Waals surface area contributed by atoms with E-state index in [0.29, 0.717) is 37.6 Å². The Bertz CT molecular complexity index is 606. The van der Waals surface area contributed by atoms with E-state index < -0.39 is 6.04 Å². The number of nitrogens with one attached hydrogen (secondary N) is 2. The van der Waals surface area contributed by atoms with E-state index in [2.05, 4.69) is 10.6 Å². The second kappa shape index (κ2) is 6.19. The van der Waals surface area contributed by atoms with E-state index in [0.717, 1.165) is 5.56 Å². The Labute approximate surface area is 129 Å². The predicted octanol–water partition coefficient (Wildman–Crippen LogP) is 1.17. The highest BCUT2D eigenvalue weighted by atomic mass is 16.5. The fourth-order valence-electron chi connectivity index (χ4n) is 2.81. The van der Waals surface area contributed by atoms with Crippen LogP contribution in [0.15, 0.2) is 41.6 Å². The topological polar surface area (TPSA) is 70.7 Å². The average Bonchev–Trinajstić information content (AvgIpc) is 2.55. The predicted molar refractivity (Wildman–Crippen MR) is 80.9 cm³/mol. The molecule has 3 rings (SSSR count). The van der Waals surface area contributed by atoms with Gasteiger partial charge in [0.05, 0.1) is 24.8 Å². The number of allylic oxidation sites excluding steroid dienone is 1. The van der Waals surface area contributed by atoms with E-state index in [1.165, 1.54) is 0 Å². The number of benzene rings is 1. The summed E-state index contributed by atoms with van der Waals surface area (Å²) in [6.45, 7) is 4.01. The maximum Gasteiger partial charge on any atom is 0.319 e. The molecule has 2 aliphatic rings. The number of morpholine rings is 1. The molecule has 1 aromatic rings. The number of carbonyl (C=O) groups excluding carboxylic acids is 2. The molecule has 6 nitrogen and oxygen atoms in total. The van der Waals surface area contributed by atoms with Crippen molar-refractivity contribution in [3.8, 4) is 0 Å². The molecule has 0 aliphatic carbocycles. The van der Waals surface area contributed by atoms with Crippen molar-refractivity contribution in [2.45, 2.75) is 13.0 Å². The van der Waals surface area contributed by atoms with E-state index >= 15 is 0 Å². The quantitative estimate of drug-likeness (QED) is 0.861. The van der Waals surface area contributed by atoms with Crippen molar-refractivity contribution >= 4 is 11.9 Å². The molecule has 0 radical (unpaired) electrons. The van der Waals surface area contributed by atoms with Gasteiger partial charge in [0.15, 0.2) is 0 Å². The molecule has 2 aliphatic heterocycles. The molecule has 1 atom stereocenters. The van der Waals surface area contributed by atoms with Gasteiger partial charge in [-0.25, -0.2) is 4.79 Å². The van der Waals surface area contributed by atoms with E-state index in [1.807, 2.05) is 30.3 Å². The number of carbonyl (C=O) groups is 2. The van der Waals surface area contributed by atoms with E-state index in [4.69, 9.17) is 4.74 Å². The number of ether oxygens (including phenoxy) is 1. The first-order chi connectivity index (χ1) is 10.7. The first-order valence-electron chi connectivity index (χ1n) is 7.37. The van der Waals surface area contributed by atoms with Gasteiger partial charge in [0.2, 0.25) is 0 Å². The van der Waals surface area contributed by atoms with E-state index in [-0.39, 0.29) is 11.9 Å². The second-order valence-electron chi connectivity index (χ2n) is 5.39. The zero-order valence-electron chi connectivity index (χ0n) is 12.5. The van der Waals surface area contributed by atoms with Crippen molar-refractivity contribution in [1.29, 1.82) is 0 Å². The van der Waals surface area contributed by atoms with Crippen molar-refractivity contribution < 1.29 is 14.3 Å². The molecule has 0 spiro atoms.